The number of benzene rings is 2. The molecule has 0 aliphatic carbocycles. The summed E-state index contributed by atoms with van der Waals surface area (Å²) >= 11 is 9.27. The number of rotatable bonds is 11. The number of halogens is 2. The van der Waals surface area contributed by atoms with Gasteiger partial charge >= 0.3 is 0 Å². The molecule has 1 aromatic heterocycles. The van der Waals surface area contributed by atoms with Crippen molar-refractivity contribution >= 4 is 55.0 Å². The number of aliphatic hydroxyl groups excluding tert-OH is 1. The zero-order valence-electron chi connectivity index (χ0n) is 17.9. The Morgan fingerprint density at radius 1 is 1.18 bits per heavy atom. The lowest BCUT2D eigenvalue weighted by Gasteiger charge is -2.16. The first kappa shape index (κ1) is 25.4. The van der Waals surface area contributed by atoms with Crippen LogP contribution in [0.25, 0.3) is 0 Å². The lowest BCUT2D eigenvalue weighted by atomic mass is 10.2. The number of aromatic nitrogens is 2. The quantitative estimate of drug-likeness (QED) is 0.279. The van der Waals surface area contributed by atoms with Crippen LogP contribution in [0.5, 0.6) is 0 Å². The fraction of sp³-hybridized carbons (Fsp3) is 0.273. The molecule has 1 heterocycles. The van der Waals surface area contributed by atoms with Gasteiger partial charge in [0.2, 0.25) is 16.0 Å². The summed E-state index contributed by atoms with van der Waals surface area (Å²) in [5.74, 6) is 0.819. The number of hydrogen-bond donors (Lipinski definition) is 4. The van der Waals surface area contributed by atoms with Gasteiger partial charge in [-0.25, -0.2) is 18.1 Å². The van der Waals surface area contributed by atoms with Gasteiger partial charge in [-0.05, 0) is 64.7 Å². The van der Waals surface area contributed by atoms with Crippen molar-refractivity contribution in [2.75, 3.05) is 23.8 Å². The molecule has 0 spiro atoms. The molecular weight excluding hydrogens is 530 g/mol. The van der Waals surface area contributed by atoms with Crippen molar-refractivity contribution < 1.29 is 13.5 Å². The largest absolute Gasteiger partial charge is 0.394 e. The van der Waals surface area contributed by atoms with Crippen molar-refractivity contribution in [3.05, 3.63) is 69.8 Å². The van der Waals surface area contributed by atoms with E-state index in [0.717, 1.165) is 12.0 Å². The number of hydrogen-bond acceptors (Lipinski definition) is 7. The third-order valence-electron chi connectivity index (χ3n) is 4.82. The molecule has 2 aromatic carbocycles. The van der Waals surface area contributed by atoms with Crippen molar-refractivity contribution in [3.63, 3.8) is 0 Å². The summed E-state index contributed by atoms with van der Waals surface area (Å²) < 4.78 is 28.7. The van der Waals surface area contributed by atoms with E-state index in [0.29, 0.717) is 33.4 Å². The molecule has 0 radical (unpaired) electrons. The molecule has 0 fully saturated rings. The average molecular weight is 555 g/mol. The van der Waals surface area contributed by atoms with E-state index in [1.807, 2.05) is 19.1 Å². The highest BCUT2D eigenvalue weighted by molar-refractivity contribution is 9.10. The lowest BCUT2D eigenvalue weighted by molar-refractivity contribution is 0.271. The first-order valence-corrected chi connectivity index (χ1v) is 13.0. The molecule has 1 atom stereocenters. The van der Waals surface area contributed by atoms with Crippen molar-refractivity contribution in [3.8, 4) is 0 Å². The number of sulfonamides is 1. The second-order valence-electron chi connectivity index (χ2n) is 7.25. The van der Waals surface area contributed by atoms with E-state index in [1.54, 1.807) is 30.5 Å². The Balaban J connectivity index is 1.68. The molecule has 33 heavy (non-hydrogen) atoms. The number of nitrogens with zero attached hydrogens (tertiary/aromatic N) is 2. The maximum absolute atomic E-state index is 12.7. The SMILES string of the molecule is CC[C@H](CO)Nc1nc(Nc2cccc(S(=O)(=O)NCCc3ccc(Cl)cc3)c2)ncc1Br. The Bertz CT molecular complexity index is 1170. The molecule has 0 bridgehead atoms. The Hall–Kier alpha value is -2.24. The minimum absolute atomic E-state index is 0.0272. The number of nitrogens with one attached hydrogen (secondary N) is 3. The summed E-state index contributed by atoms with van der Waals surface area (Å²) in [7, 11) is -3.70. The summed E-state index contributed by atoms with van der Waals surface area (Å²) in [6.45, 7) is 2.19. The highest BCUT2D eigenvalue weighted by Gasteiger charge is 2.15. The van der Waals surface area contributed by atoms with Crippen molar-refractivity contribution in [1.29, 1.82) is 0 Å². The smallest absolute Gasteiger partial charge is 0.240 e. The van der Waals surface area contributed by atoms with Gasteiger partial charge in [0, 0.05) is 23.5 Å². The van der Waals surface area contributed by atoms with E-state index in [1.165, 1.54) is 12.1 Å². The Kier molecular flexibility index (Phi) is 9.04. The molecule has 0 amide bonds. The van der Waals surface area contributed by atoms with Gasteiger partial charge in [-0.3, -0.25) is 0 Å². The van der Waals surface area contributed by atoms with Gasteiger partial charge in [-0.1, -0.05) is 36.7 Å². The fourth-order valence-electron chi connectivity index (χ4n) is 2.93. The Morgan fingerprint density at radius 3 is 2.64 bits per heavy atom. The summed E-state index contributed by atoms with van der Waals surface area (Å²) in [5.41, 5.74) is 1.51. The first-order valence-electron chi connectivity index (χ1n) is 10.3. The summed E-state index contributed by atoms with van der Waals surface area (Å²) in [6.07, 6.45) is 2.85. The summed E-state index contributed by atoms with van der Waals surface area (Å²) in [5, 5.41) is 16.2. The molecule has 11 heteroatoms. The molecule has 0 saturated carbocycles. The zero-order valence-corrected chi connectivity index (χ0v) is 21.1. The van der Waals surface area contributed by atoms with Crippen LogP contribution in [0, 0.1) is 0 Å². The van der Waals surface area contributed by atoms with E-state index >= 15 is 0 Å². The molecule has 176 valence electrons. The van der Waals surface area contributed by atoms with Crippen molar-refractivity contribution in [2.45, 2.75) is 30.7 Å². The highest BCUT2D eigenvalue weighted by atomic mass is 79.9. The number of aliphatic hydroxyl groups is 1. The van der Waals surface area contributed by atoms with Crippen molar-refractivity contribution in [1.82, 2.24) is 14.7 Å². The van der Waals surface area contributed by atoms with E-state index in [-0.39, 0.29) is 24.1 Å². The van der Waals surface area contributed by atoms with Crippen LogP contribution in [0.4, 0.5) is 17.5 Å². The normalized spacial score (nSPS) is 12.4. The van der Waals surface area contributed by atoms with Gasteiger partial charge in [0.25, 0.3) is 0 Å². The first-order chi connectivity index (χ1) is 15.8. The zero-order chi connectivity index (χ0) is 23.8. The summed E-state index contributed by atoms with van der Waals surface area (Å²) in [6, 6.07) is 13.6. The molecule has 0 aliphatic heterocycles. The molecule has 0 unspecified atom stereocenters. The maximum Gasteiger partial charge on any atom is 0.240 e. The number of anilines is 3. The molecule has 3 rings (SSSR count). The second-order valence-corrected chi connectivity index (χ2v) is 10.3. The minimum Gasteiger partial charge on any atom is -0.394 e. The van der Waals surface area contributed by atoms with Gasteiger partial charge < -0.3 is 15.7 Å². The van der Waals surface area contributed by atoms with Gasteiger partial charge in [0.1, 0.15) is 5.82 Å². The molecular formula is C22H25BrClN5O3S. The van der Waals surface area contributed by atoms with E-state index < -0.39 is 10.0 Å². The lowest BCUT2D eigenvalue weighted by Crippen LogP contribution is -2.26. The standard InChI is InChI=1S/C22H25BrClN5O3S/c1-2-17(14-30)27-21-20(23)13-25-22(29-21)28-18-4-3-5-19(12-18)33(31,32)26-11-10-15-6-8-16(24)9-7-15/h3-9,12-13,17,26,30H,2,10-11,14H2,1H3,(H2,25,27,28,29)/t17-/m1/s1. The monoisotopic (exact) mass is 553 g/mol. The van der Waals surface area contributed by atoms with Crippen LogP contribution in [-0.2, 0) is 16.4 Å². The maximum atomic E-state index is 12.7. The highest BCUT2D eigenvalue weighted by Crippen LogP contribution is 2.24. The van der Waals surface area contributed by atoms with Gasteiger partial charge in [-0.2, -0.15) is 4.98 Å². The van der Waals surface area contributed by atoms with Crippen LogP contribution in [0.15, 0.2) is 64.1 Å². The van der Waals surface area contributed by atoms with E-state index in [9.17, 15) is 13.5 Å². The molecule has 0 saturated heterocycles. The Morgan fingerprint density at radius 2 is 1.94 bits per heavy atom. The van der Waals surface area contributed by atoms with Crippen LogP contribution in [0.3, 0.4) is 0 Å². The summed E-state index contributed by atoms with van der Waals surface area (Å²) in [4.78, 5) is 8.78. The van der Waals surface area contributed by atoms with Crippen LogP contribution in [0.2, 0.25) is 5.02 Å². The predicted octanol–water partition coefficient (Wildman–Crippen LogP) is 4.34. The minimum atomic E-state index is -3.70. The molecule has 8 nitrogen and oxygen atoms in total. The van der Waals surface area contributed by atoms with Crippen LogP contribution >= 0.6 is 27.5 Å². The van der Waals surface area contributed by atoms with Crippen LogP contribution in [-0.4, -0.2) is 42.7 Å². The van der Waals surface area contributed by atoms with Gasteiger partial charge in [-0.15, -0.1) is 0 Å². The van der Waals surface area contributed by atoms with E-state index in [2.05, 4.69) is 41.3 Å². The molecule has 0 aliphatic rings. The molecule has 4 N–H and O–H groups in total. The Labute approximate surface area is 207 Å². The topological polar surface area (TPSA) is 116 Å². The third-order valence-corrected chi connectivity index (χ3v) is 7.11. The van der Waals surface area contributed by atoms with Crippen LogP contribution < -0.4 is 15.4 Å². The second kappa shape index (κ2) is 11.8. The van der Waals surface area contributed by atoms with Crippen LogP contribution in [0.1, 0.15) is 18.9 Å². The molecule has 3 aromatic rings. The van der Waals surface area contributed by atoms with Gasteiger partial charge in [0.05, 0.1) is 22.0 Å². The average Bonchev–Trinajstić information content (AvgIpc) is 2.81. The van der Waals surface area contributed by atoms with Crippen molar-refractivity contribution in [2.24, 2.45) is 0 Å². The van der Waals surface area contributed by atoms with Gasteiger partial charge in [0.15, 0.2) is 0 Å². The fourth-order valence-corrected chi connectivity index (χ4v) is 4.44. The van der Waals surface area contributed by atoms with E-state index in [4.69, 9.17) is 11.6 Å². The third kappa shape index (κ3) is 7.38. The predicted molar refractivity (Wildman–Crippen MR) is 135 cm³/mol.